The first kappa shape index (κ1) is 20.1. The zero-order chi connectivity index (χ0) is 19.2. The molecule has 8 heteroatoms. The maximum absolute atomic E-state index is 12.3. The normalized spacial score (nSPS) is 15.6. The average Bonchev–Trinajstić information content (AvgIpc) is 2.64. The van der Waals surface area contributed by atoms with Crippen LogP contribution in [0.1, 0.15) is 25.3 Å². The SMILES string of the molecule is CCc1ccccc1OCC(=O)N1CCC(CNC(=O)C(F)(F)F)CC1. The molecule has 1 saturated heterocycles. The number of hydrogen-bond donors (Lipinski definition) is 1. The van der Waals surface area contributed by atoms with Gasteiger partial charge in [0.2, 0.25) is 0 Å². The summed E-state index contributed by atoms with van der Waals surface area (Å²) in [5.41, 5.74) is 1.03. The summed E-state index contributed by atoms with van der Waals surface area (Å²) in [6.07, 6.45) is -2.95. The van der Waals surface area contributed by atoms with Gasteiger partial charge in [0.1, 0.15) is 5.75 Å². The lowest BCUT2D eigenvalue weighted by molar-refractivity contribution is -0.173. The number of rotatable bonds is 6. The summed E-state index contributed by atoms with van der Waals surface area (Å²) >= 11 is 0. The summed E-state index contributed by atoms with van der Waals surface area (Å²) in [6.45, 7) is 2.81. The van der Waals surface area contributed by atoms with E-state index >= 15 is 0 Å². The Morgan fingerprint density at radius 3 is 2.50 bits per heavy atom. The van der Waals surface area contributed by atoms with Crippen molar-refractivity contribution in [2.24, 2.45) is 5.92 Å². The Bertz CT molecular complexity index is 626. The van der Waals surface area contributed by atoms with E-state index in [1.165, 1.54) is 0 Å². The molecule has 1 N–H and O–H groups in total. The van der Waals surface area contributed by atoms with Gasteiger partial charge in [0.15, 0.2) is 6.61 Å². The van der Waals surface area contributed by atoms with Gasteiger partial charge in [0.25, 0.3) is 5.91 Å². The molecule has 0 aromatic heterocycles. The van der Waals surface area contributed by atoms with Crippen molar-refractivity contribution in [2.45, 2.75) is 32.4 Å². The maximum Gasteiger partial charge on any atom is 0.471 e. The molecule has 0 atom stereocenters. The summed E-state index contributed by atoms with van der Waals surface area (Å²) in [5, 5.41) is 1.90. The van der Waals surface area contributed by atoms with Crippen LogP contribution in [0.3, 0.4) is 0 Å². The fourth-order valence-electron chi connectivity index (χ4n) is 2.89. The van der Waals surface area contributed by atoms with Crippen molar-refractivity contribution in [1.29, 1.82) is 0 Å². The number of likely N-dealkylation sites (tertiary alicyclic amines) is 1. The number of alkyl halides is 3. The van der Waals surface area contributed by atoms with Gasteiger partial charge >= 0.3 is 12.1 Å². The summed E-state index contributed by atoms with van der Waals surface area (Å²) in [5.74, 6) is -1.44. The number of benzene rings is 1. The molecule has 1 aromatic rings. The highest BCUT2D eigenvalue weighted by Gasteiger charge is 2.38. The van der Waals surface area contributed by atoms with Crippen molar-refractivity contribution in [2.75, 3.05) is 26.2 Å². The van der Waals surface area contributed by atoms with E-state index in [0.717, 1.165) is 12.0 Å². The minimum atomic E-state index is -4.86. The second-order valence-electron chi connectivity index (χ2n) is 6.28. The van der Waals surface area contributed by atoms with Crippen LogP contribution in [0.4, 0.5) is 13.2 Å². The number of aryl methyl sites for hydroxylation is 1. The molecule has 26 heavy (non-hydrogen) atoms. The number of hydrogen-bond acceptors (Lipinski definition) is 3. The fourth-order valence-corrected chi connectivity index (χ4v) is 2.89. The van der Waals surface area contributed by atoms with Crippen LogP contribution in [0.15, 0.2) is 24.3 Å². The van der Waals surface area contributed by atoms with E-state index < -0.39 is 12.1 Å². The fraction of sp³-hybridized carbons (Fsp3) is 0.556. The summed E-state index contributed by atoms with van der Waals surface area (Å²) in [6, 6.07) is 7.53. The first-order valence-corrected chi connectivity index (χ1v) is 8.64. The van der Waals surface area contributed by atoms with Crippen LogP contribution in [-0.4, -0.2) is 49.1 Å². The second-order valence-corrected chi connectivity index (χ2v) is 6.28. The first-order chi connectivity index (χ1) is 12.3. The van der Waals surface area contributed by atoms with Gasteiger partial charge in [-0.15, -0.1) is 0 Å². The molecule has 0 saturated carbocycles. The van der Waals surface area contributed by atoms with Crippen LogP contribution < -0.4 is 10.1 Å². The molecule has 0 radical (unpaired) electrons. The Hall–Kier alpha value is -2.25. The van der Waals surface area contributed by atoms with Crippen molar-refractivity contribution in [3.05, 3.63) is 29.8 Å². The number of carbonyl (C=O) groups is 2. The van der Waals surface area contributed by atoms with Crippen LogP contribution >= 0.6 is 0 Å². The van der Waals surface area contributed by atoms with Crippen molar-refractivity contribution in [3.8, 4) is 5.75 Å². The molecule has 144 valence electrons. The van der Waals surface area contributed by atoms with Gasteiger partial charge in [0, 0.05) is 19.6 Å². The number of halogens is 3. The highest BCUT2D eigenvalue weighted by molar-refractivity contribution is 5.81. The Kier molecular flexibility index (Phi) is 6.88. The Labute approximate surface area is 150 Å². The lowest BCUT2D eigenvalue weighted by atomic mass is 9.97. The molecule has 0 bridgehead atoms. The van der Waals surface area contributed by atoms with Crippen LogP contribution in [0, 0.1) is 5.92 Å². The molecule has 1 aliphatic rings. The minimum Gasteiger partial charge on any atom is -0.483 e. The third-order valence-electron chi connectivity index (χ3n) is 4.48. The lowest BCUT2D eigenvalue weighted by Gasteiger charge is -2.32. The lowest BCUT2D eigenvalue weighted by Crippen LogP contribution is -2.45. The van der Waals surface area contributed by atoms with Crippen molar-refractivity contribution >= 4 is 11.8 Å². The van der Waals surface area contributed by atoms with Gasteiger partial charge in [-0.1, -0.05) is 25.1 Å². The molecule has 1 fully saturated rings. The van der Waals surface area contributed by atoms with E-state index in [1.807, 2.05) is 36.5 Å². The van der Waals surface area contributed by atoms with Gasteiger partial charge in [-0.2, -0.15) is 13.2 Å². The third-order valence-corrected chi connectivity index (χ3v) is 4.48. The molecule has 1 aliphatic heterocycles. The zero-order valence-corrected chi connectivity index (χ0v) is 14.6. The van der Waals surface area contributed by atoms with E-state index in [4.69, 9.17) is 4.74 Å². The monoisotopic (exact) mass is 372 g/mol. The highest BCUT2D eigenvalue weighted by atomic mass is 19.4. The van der Waals surface area contributed by atoms with Crippen molar-refractivity contribution in [3.63, 3.8) is 0 Å². The van der Waals surface area contributed by atoms with Gasteiger partial charge in [-0.25, -0.2) is 0 Å². The first-order valence-electron chi connectivity index (χ1n) is 8.64. The number of amides is 2. The number of nitrogens with zero attached hydrogens (tertiary/aromatic N) is 1. The van der Waals surface area contributed by atoms with Crippen molar-refractivity contribution < 1.29 is 27.5 Å². The number of nitrogens with one attached hydrogen (secondary N) is 1. The second kappa shape index (κ2) is 8.91. The minimum absolute atomic E-state index is 0.0270. The van der Waals surface area contributed by atoms with E-state index in [-0.39, 0.29) is 25.0 Å². The van der Waals surface area contributed by atoms with E-state index in [9.17, 15) is 22.8 Å². The summed E-state index contributed by atoms with van der Waals surface area (Å²) in [4.78, 5) is 24.7. The topological polar surface area (TPSA) is 58.6 Å². The van der Waals surface area contributed by atoms with Gasteiger partial charge in [-0.05, 0) is 36.8 Å². The van der Waals surface area contributed by atoms with E-state index in [2.05, 4.69) is 0 Å². The van der Waals surface area contributed by atoms with E-state index in [1.54, 1.807) is 4.90 Å². The van der Waals surface area contributed by atoms with Crippen LogP contribution in [0.5, 0.6) is 5.75 Å². The van der Waals surface area contributed by atoms with Crippen molar-refractivity contribution in [1.82, 2.24) is 10.2 Å². The number of para-hydroxylation sites is 1. The number of piperidine rings is 1. The molecular weight excluding hydrogens is 349 g/mol. The number of ether oxygens (including phenoxy) is 1. The molecular formula is C18H23F3N2O3. The molecule has 0 unspecified atom stereocenters. The Morgan fingerprint density at radius 2 is 1.88 bits per heavy atom. The third kappa shape index (κ3) is 5.64. The average molecular weight is 372 g/mol. The van der Waals surface area contributed by atoms with Gasteiger partial charge < -0.3 is 15.0 Å². The molecule has 2 amide bonds. The smallest absolute Gasteiger partial charge is 0.471 e. The predicted octanol–water partition coefficient (Wildman–Crippen LogP) is 2.54. The standard InChI is InChI=1S/C18H23F3N2O3/c1-2-14-5-3-4-6-15(14)26-12-16(24)23-9-7-13(8-10-23)11-22-17(25)18(19,20)21/h3-6,13H,2,7-12H2,1H3,(H,22,25). The largest absolute Gasteiger partial charge is 0.483 e. The summed E-state index contributed by atoms with van der Waals surface area (Å²) in [7, 11) is 0. The van der Waals surface area contributed by atoms with Crippen LogP contribution in [0.25, 0.3) is 0 Å². The predicted molar refractivity (Wildman–Crippen MR) is 89.7 cm³/mol. The molecule has 2 rings (SSSR count). The Morgan fingerprint density at radius 1 is 1.23 bits per heavy atom. The molecule has 1 heterocycles. The summed E-state index contributed by atoms with van der Waals surface area (Å²) < 4.78 is 42.1. The Balaban J connectivity index is 1.73. The maximum atomic E-state index is 12.3. The molecule has 1 aromatic carbocycles. The van der Waals surface area contributed by atoms with Crippen LogP contribution in [-0.2, 0) is 16.0 Å². The van der Waals surface area contributed by atoms with Gasteiger partial charge in [-0.3, -0.25) is 9.59 Å². The molecule has 5 nitrogen and oxygen atoms in total. The number of carbonyl (C=O) groups excluding carboxylic acids is 2. The molecule has 0 spiro atoms. The highest BCUT2D eigenvalue weighted by Crippen LogP contribution is 2.20. The van der Waals surface area contributed by atoms with E-state index in [0.29, 0.717) is 31.7 Å². The van der Waals surface area contributed by atoms with Gasteiger partial charge in [0.05, 0.1) is 0 Å². The van der Waals surface area contributed by atoms with Crippen LogP contribution in [0.2, 0.25) is 0 Å². The zero-order valence-electron chi connectivity index (χ0n) is 14.6. The molecule has 0 aliphatic carbocycles. The quantitative estimate of drug-likeness (QED) is 0.835.